The smallest absolute Gasteiger partial charge is 0.409 e. The van der Waals surface area contributed by atoms with Crippen LogP contribution in [0.15, 0.2) is 30.5 Å². The van der Waals surface area contributed by atoms with E-state index in [1.54, 1.807) is 12.1 Å². The molecule has 1 atom stereocenters. The maximum absolute atomic E-state index is 14.0. The number of carbonyl (C=O) groups is 1. The second kappa shape index (κ2) is 8.85. The topological polar surface area (TPSA) is 61.8 Å². The minimum atomic E-state index is -0.535. The standard InChI is InChI=1S/C24H29F2N5O2/c1-2-33-23(32)31-15-24(16-31)8-7-18(13-24)29-9-11-30(12-10-29)22-19(4-6-21(26)28-22)20-5-3-17(25)14-27-20/h3-6,14,18H,2,7-13,15-16H2,1H3/t18-/m1/s1. The number of halogens is 2. The number of nitrogens with zero attached hydrogens (tertiary/aromatic N) is 5. The van der Waals surface area contributed by atoms with Crippen LogP contribution in [-0.4, -0.2) is 77.8 Å². The predicted octanol–water partition coefficient (Wildman–Crippen LogP) is 3.55. The molecule has 33 heavy (non-hydrogen) atoms. The summed E-state index contributed by atoms with van der Waals surface area (Å²) in [5.74, 6) is -0.386. The van der Waals surface area contributed by atoms with Gasteiger partial charge in [-0.1, -0.05) is 0 Å². The quantitative estimate of drug-likeness (QED) is 0.655. The van der Waals surface area contributed by atoms with E-state index < -0.39 is 11.8 Å². The average molecular weight is 458 g/mol. The van der Waals surface area contributed by atoms with Crippen LogP contribution in [-0.2, 0) is 4.74 Å². The van der Waals surface area contributed by atoms with Gasteiger partial charge in [-0.15, -0.1) is 0 Å². The molecule has 1 saturated carbocycles. The number of anilines is 1. The summed E-state index contributed by atoms with van der Waals surface area (Å²) >= 11 is 0. The van der Waals surface area contributed by atoms with Crippen molar-refractivity contribution in [1.82, 2.24) is 19.8 Å². The summed E-state index contributed by atoms with van der Waals surface area (Å²) in [5, 5.41) is 0. The molecule has 3 aliphatic rings. The summed E-state index contributed by atoms with van der Waals surface area (Å²) in [6.07, 6.45) is 4.35. The highest BCUT2D eigenvalue weighted by Gasteiger charge is 2.51. The van der Waals surface area contributed by atoms with Crippen LogP contribution < -0.4 is 4.90 Å². The Morgan fingerprint density at radius 2 is 1.94 bits per heavy atom. The third-order valence-electron chi connectivity index (χ3n) is 7.23. The molecule has 7 nitrogen and oxygen atoms in total. The molecule has 0 radical (unpaired) electrons. The number of rotatable bonds is 4. The third-order valence-corrected chi connectivity index (χ3v) is 7.23. The Kier molecular flexibility index (Phi) is 5.90. The monoisotopic (exact) mass is 457 g/mol. The van der Waals surface area contributed by atoms with Gasteiger partial charge in [-0.05, 0) is 50.5 Å². The van der Waals surface area contributed by atoms with Crippen molar-refractivity contribution in [3.63, 3.8) is 0 Å². The van der Waals surface area contributed by atoms with Gasteiger partial charge in [0.25, 0.3) is 0 Å². The molecule has 3 fully saturated rings. The zero-order valence-electron chi connectivity index (χ0n) is 18.8. The first-order valence-electron chi connectivity index (χ1n) is 11.7. The summed E-state index contributed by atoms with van der Waals surface area (Å²) in [6, 6.07) is 6.44. The highest BCUT2D eigenvalue weighted by molar-refractivity contribution is 5.73. The van der Waals surface area contributed by atoms with Gasteiger partial charge in [-0.3, -0.25) is 9.88 Å². The number of hydrogen-bond donors (Lipinski definition) is 0. The average Bonchev–Trinajstić information content (AvgIpc) is 3.25. The van der Waals surface area contributed by atoms with Gasteiger partial charge in [0.05, 0.1) is 18.5 Å². The minimum Gasteiger partial charge on any atom is -0.450 e. The Morgan fingerprint density at radius 1 is 1.15 bits per heavy atom. The number of aromatic nitrogens is 2. The first-order chi connectivity index (χ1) is 16.0. The van der Waals surface area contributed by atoms with Gasteiger partial charge < -0.3 is 14.5 Å². The highest BCUT2D eigenvalue weighted by Crippen LogP contribution is 2.47. The Balaban J connectivity index is 1.21. The van der Waals surface area contributed by atoms with E-state index in [0.29, 0.717) is 29.7 Å². The van der Waals surface area contributed by atoms with Gasteiger partial charge in [0.2, 0.25) is 5.95 Å². The lowest BCUT2D eigenvalue weighted by atomic mass is 9.78. The van der Waals surface area contributed by atoms with Gasteiger partial charge in [0.1, 0.15) is 11.6 Å². The van der Waals surface area contributed by atoms with Crippen molar-refractivity contribution in [2.45, 2.75) is 32.2 Å². The second-order valence-corrected chi connectivity index (χ2v) is 9.34. The number of hydrogen-bond acceptors (Lipinski definition) is 6. The lowest BCUT2D eigenvalue weighted by Crippen LogP contribution is -2.58. The molecule has 9 heteroatoms. The van der Waals surface area contributed by atoms with E-state index in [2.05, 4.69) is 19.8 Å². The Bertz CT molecular complexity index is 1000. The first kappa shape index (κ1) is 22.0. The van der Waals surface area contributed by atoms with Crippen molar-refractivity contribution in [1.29, 1.82) is 0 Å². The molecule has 4 heterocycles. The lowest BCUT2D eigenvalue weighted by Gasteiger charge is -2.48. The van der Waals surface area contributed by atoms with Crippen LogP contribution in [0.25, 0.3) is 11.3 Å². The van der Waals surface area contributed by atoms with Gasteiger partial charge in [0.15, 0.2) is 0 Å². The molecule has 0 unspecified atom stereocenters. The fourth-order valence-electron chi connectivity index (χ4n) is 5.58. The van der Waals surface area contributed by atoms with Crippen LogP contribution in [0.5, 0.6) is 0 Å². The van der Waals surface area contributed by atoms with Crippen LogP contribution in [0, 0.1) is 17.2 Å². The second-order valence-electron chi connectivity index (χ2n) is 9.34. The Hall–Kier alpha value is -2.81. The number of likely N-dealkylation sites (tertiary alicyclic amines) is 1. The molecule has 2 aromatic rings. The molecule has 2 saturated heterocycles. The molecule has 2 aromatic heterocycles. The van der Waals surface area contributed by atoms with Crippen molar-refractivity contribution in [3.05, 3.63) is 42.2 Å². The predicted molar refractivity (Wildman–Crippen MR) is 120 cm³/mol. The molecule has 0 bridgehead atoms. The third kappa shape index (κ3) is 4.38. The van der Waals surface area contributed by atoms with Crippen LogP contribution in [0.2, 0.25) is 0 Å². The van der Waals surface area contributed by atoms with E-state index in [4.69, 9.17) is 4.74 Å². The Labute approximate surface area is 192 Å². The van der Waals surface area contributed by atoms with Crippen LogP contribution in [0.3, 0.4) is 0 Å². The van der Waals surface area contributed by atoms with E-state index in [-0.39, 0.29) is 11.5 Å². The van der Waals surface area contributed by atoms with Crippen molar-refractivity contribution in [2.24, 2.45) is 5.41 Å². The fourth-order valence-corrected chi connectivity index (χ4v) is 5.58. The molecule has 1 spiro atoms. The Morgan fingerprint density at radius 3 is 2.64 bits per heavy atom. The van der Waals surface area contributed by atoms with Gasteiger partial charge in [0, 0.05) is 56.3 Å². The van der Waals surface area contributed by atoms with Crippen molar-refractivity contribution < 1.29 is 18.3 Å². The molecule has 176 valence electrons. The minimum absolute atomic E-state index is 0.200. The van der Waals surface area contributed by atoms with Crippen molar-refractivity contribution in [2.75, 3.05) is 50.8 Å². The molecule has 0 aromatic carbocycles. The summed E-state index contributed by atoms with van der Waals surface area (Å²) in [7, 11) is 0. The van der Waals surface area contributed by atoms with Crippen LogP contribution >= 0.6 is 0 Å². The molecular weight excluding hydrogens is 428 g/mol. The van der Waals surface area contributed by atoms with Gasteiger partial charge in [-0.2, -0.15) is 4.39 Å². The van der Waals surface area contributed by atoms with Crippen LogP contribution in [0.4, 0.5) is 19.4 Å². The molecule has 1 aliphatic carbocycles. The lowest BCUT2D eigenvalue weighted by molar-refractivity contribution is -0.00294. The van der Waals surface area contributed by atoms with Gasteiger partial charge >= 0.3 is 6.09 Å². The van der Waals surface area contributed by atoms with E-state index in [1.165, 1.54) is 18.3 Å². The van der Waals surface area contributed by atoms with E-state index in [0.717, 1.165) is 58.5 Å². The first-order valence-corrected chi connectivity index (χ1v) is 11.7. The molecule has 1 amide bonds. The molecular formula is C24H29F2N5O2. The van der Waals surface area contributed by atoms with E-state index in [9.17, 15) is 13.6 Å². The summed E-state index contributed by atoms with van der Waals surface area (Å²) < 4.78 is 32.4. The molecule has 5 rings (SSSR count). The van der Waals surface area contributed by atoms with Crippen LogP contribution in [0.1, 0.15) is 26.2 Å². The SMILES string of the molecule is CCOC(=O)N1CC2(CC[C@@H](N3CCN(c4nc(F)ccc4-c4ccc(F)cn4)CC3)C2)C1. The number of ether oxygens (including phenoxy) is 1. The van der Waals surface area contributed by atoms with Crippen molar-refractivity contribution >= 4 is 11.9 Å². The van der Waals surface area contributed by atoms with Gasteiger partial charge in [-0.25, -0.2) is 14.2 Å². The zero-order chi connectivity index (χ0) is 23.0. The maximum Gasteiger partial charge on any atom is 0.409 e. The summed E-state index contributed by atoms with van der Waals surface area (Å²) in [6.45, 7) is 7.05. The fraction of sp³-hybridized carbons (Fsp3) is 0.542. The largest absolute Gasteiger partial charge is 0.450 e. The van der Waals surface area contributed by atoms with E-state index >= 15 is 0 Å². The zero-order valence-corrected chi connectivity index (χ0v) is 18.8. The normalized spacial score (nSPS) is 22.5. The number of pyridine rings is 2. The maximum atomic E-state index is 14.0. The van der Waals surface area contributed by atoms with Crippen molar-refractivity contribution in [3.8, 4) is 11.3 Å². The number of amides is 1. The number of piperazine rings is 1. The molecule has 0 N–H and O–H groups in total. The van der Waals surface area contributed by atoms with E-state index in [1.807, 2.05) is 11.8 Å². The summed E-state index contributed by atoms with van der Waals surface area (Å²) in [4.78, 5) is 26.7. The molecule has 2 aliphatic heterocycles. The highest BCUT2D eigenvalue weighted by atomic mass is 19.1. The number of carbonyl (C=O) groups excluding carboxylic acids is 1. The summed E-state index contributed by atoms with van der Waals surface area (Å²) in [5.41, 5.74) is 1.52.